The van der Waals surface area contributed by atoms with Crippen LogP contribution in [0.3, 0.4) is 0 Å². The molecule has 0 aliphatic rings. The van der Waals surface area contributed by atoms with E-state index in [4.69, 9.17) is 0 Å². The molecule has 3 N–H and O–H groups in total. The Labute approximate surface area is 139 Å². The Hall–Kier alpha value is -0.710. The predicted octanol–water partition coefficient (Wildman–Crippen LogP) is 3.70. The van der Waals surface area contributed by atoms with Crippen LogP contribution in [-0.2, 0) is 10.8 Å². The molecule has 2 unspecified atom stereocenters. The van der Waals surface area contributed by atoms with Crippen molar-refractivity contribution in [1.29, 1.82) is 0 Å². The first kappa shape index (κ1) is 19.3. The van der Waals surface area contributed by atoms with E-state index in [0.29, 0.717) is 17.7 Å². The van der Waals surface area contributed by atoms with Crippen LogP contribution in [0.25, 0.3) is 0 Å². The van der Waals surface area contributed by atoms with Crippen LogP contribution in [0.1, 0.15) is 70.8 Å². The van der Waals surface area contributed by atoms with Gasteiger partial charge in [0.25, 0.3) is 0 Å². The molecule has 1 aromatic rings. The van der Waals surface area contributed by atoms with Crippen molar-refractivity contribution in [3.05, 3.63) is 28.8 Å². The van der Waals surface area contributed by atoms with Gasteiger partial charge in [-0.2, -0.15) is 12.6 Å². The molecule has 0 aliphatic heterocycles. The first-order chi connectivity index (χ1) is 9.89. The van der Waals surface area contributed by atoms with Crippen molar-refractivity contribution in [2.45, 2.75) is 71.0 Å². The molecule has 0 spiro atoms. The third kappa shape index (κ3) is 4.40. The smallest absolute Gasteiger partial charge is 0.125 e. The highest BCUT2D eigenvalue weighted by molar-refractivity contribution is 7.80. The van der Waals surface area contributed by atoms with E-state index in [1.54, 1.807) is 6.07 Å². The average molecular weight is 327 g/mol. The van der Waals surface area contributed by atoms with Gasteiger partial charge in [-0.15, -0.1) is 0 Å². The highest BCUT2D eigenvalue weighted by Gasteiger charge is 2.29. The van der Waals surface area contributed by atoms with E-state index < -0.39 is 12.2 Å². The number of hydrogen-bond acceptors (Lipinski definition) is 4. The summed E-state index contributed by atoms with van der Waals surface area (Å²) >= 11 is 4.09. The van der Waals surface area contributed by atoms with Crippen LogP contribution in [0.5, 0.6) is 5.75 Å². The molecule has 4 heteroatoms. The minimum absolute atomic E-state index is 0.0752. The van der Waals surface area contributed by atoms with Crippen LogP contribution in [0.4, 0.5) is 0 Å². The highest BCUT2D eigenvalue weighted by Crippen LogP contribution is 2.40. The third-order valence-corrected chi connectivity index (χ3v) is 4.18. The van der Waals surface area contributed by atoms with Gasteiger partial charge in [-0.05, 0) is 40.2 Å². The van der Waals surface area contributed by atoms with Gasteiger partial charge in [-0.25, -0.2) is 0 Å². The Morgan fingerprint density at radius 1 is 1.00 bits per heavy atom. The molecular formula is C18H30O3S. The zero-order valence-electron chi connectivity index (χ0n) is 14.5. The first-order valence-corrected chi connectivity index (χ1v) is 8.37. The fourth-order valence-corrected chi connectivity index (χ4v) is 2.65. The van der Waals surface area contributed by atoms with Crippen LogP contribution in [0, 0.1) is 0 Å². The van der Waals surface area contributed by atoms with Crippen LogP contribution in [0.15, 0.2) is 12.1 Å². The molecule has 0 aromatic heterocycles. The number of benzene rings is 1. The lowest BCUT2D eigenvalue weighted by atomic mass is 9.78. The molecule has 3 nitrogen and oxygen atoms in total. The summed E-state index contributed by atoms with van der Waals surface area (Å²) in [5.74, 6) is 0.551. The van der Waals surface area contributed by atoms with Crippen molar-refractivity contribution in [3.63, 3.8) is 0 Å². The zero-order valence-corrected chi connectivity index (χ0v) is 15.4. The van der Waals surface area contributed by atoms with Gasteiger partial charge in [0, 0.05) is 5.56 Å². The Balaban J connectivity index is 3.50. The topological polar surface area (TPSA) is 60.7 Å². The summed E-state index contributed by atoms with van der Waals surface area (Å²) in [6.45, 7) is 12.3. The maximum absolute atomic E-state index is 10.6. The maximum atomic E-state index is 10.6. The summed E-state index contributed by atoms with van der Waals surface area (Å²) < 4.78 is 0. The van der Waals surface area contributed by atoms with Gasteiger partial charge < -0.3 is 15.3 Å². The zero-order chi connectivity index (χ0) is 17.3. The molecule has 0 amide bonds. The SMILES string of the molecule is CC(C)(C)c1cc(C(O)C(O)CCS)c(O)c(C(C)(C)C)c1. The van der Waals surface area contributed by atoms with Gasteiger partial charge in [-0.1, -0.05) is 47.6 Å². The fourth-order valence-electron chi connectivity index (χ4n) is 2.38. The highest BCUT2D eigenvalue weighted by atomic mass is 32.1. The fraction of sp³-hybridized carbons (Fsp3) is 0.667. The second-order valence-electron chi connectivity index (χ2n) is 7.99. The van der Waals surface area contributed by atoms with Gasteiger partial charge in [0.05, 0.1) is 6.10 Å². The Bertz CT molecular complexity index is 512. The van der Waals surface area contributed by atoms with E-state index in [1.165, 1.54) is 0 Å². The number of hydrogen-bond donors (Lipinski definition) is 4. The predicted molar refractivity (Wildman–Crippen MR) is 94.9 cm³/mol. The van der Waals surface area contributed by atoms with Gasteiger partial charge in [0.1, 0.15) is 11.9 Å². The number of aliphatic hydroxyl groups is 2. The molecule has 0 fully saturated rings. The van der Waals surface area contributed by atoms with E-state index in [2.05, 4.69) is 33.4 Å². The first-order valence-electron chi connectivity index (χ1n) is 7.74. The Kier molecular flexibility index (Phi) is 5.99. The standard InChI is InChI=1S/C18H30O3S/c1-17(2,3)11-9-12(16(21)14(19)7-8-22)15(20)13(10-11)18(4,5)6/h9-10,14,16,19-22H,7-8H2,1-6H3. The monoisotopic (exact) mass is 326 g/mol. The van der Waals surface area contributed by atoms with E-state index >= 15 is 0 Å². The minimum atomic E-state index is -1.12. The molecule has 0 heterocycles. The number of phenols is 1. The van der Waals surface area contributed by atoms with Crippen molar-refractivity contribution < 1.29 is 15.3 Å². The maximum Gasteiger partial charge on any atom is 0.125 e. The summed E-state index contributed by atoms with van der Waals surface area (Å²) in [4.78, 5) is 0. The molecule has 1 aromatic carbocycles. The molecular weight excluding hydrogens is 296 g/mol. The molecule has 0 aliphatic carbocycles. The van der Waals surface area contributed by atoms with Crippen molar-refractivity contribution in [2.75, 3.05) is 5.75 Å². The van der Waals surface area contributed by atoms with Crippen LogP contribution in [-0.4, -0.2) is 27.2 Å². The molecule has 2 atom stereocenters. The molecule has 0 saturated carbocycles. The lowest BCUT2D eigenvalue weighted by Gasteiger charge is -2.29. The second kappa shape index (κ2) is 6.81. The summed E-state index contributed by atoms with van der Waals surface area (Å²) in [6.07, 6.45) is -1.68. The quantitative estimate of drug-likeness (QED) is 0.638. The third-order valence-electron chi connectivity index (χ3n) is 3.92. The molecule has 0 radical (unpaired) electrons. The van der Waals surface area contributed by atoms with E-state index in [1.807, 2.05) is 26.8 Å². The summed E-state index contributed by atoms with van der Waals surface area (Å²) in [5, 5.41) is 31.1. The lowest BCUT2D eigenvalue weighted by Crippen LogP contribution is -2.22. The van der Waals surface area contributed by atoms with Crippen LogP contribution < -0.4 is 0 Å². The number of phenolic OH excluding ortho intramolecular Hbond substituents is 1. The number of aliphatic hydroxyl groups excluding tert-OH is 2. The molecule has 0 bridgehead atoms. The largest absolute Gasteiger partial charge is 0.507 e. The second-order valence-corrected chi connectivity index (χ2v) is 8.43. The summed E-state index contributed by atoms with van der Waals surface area (Å²) in [6, 6.07) is 3.80. The van der Waals surface area contributed by atoms with Crippen molar-refractivity contribution in [1.82, 2.24) is 0 Å². The van der Waals surface area contributed by atoms with Crippen molar-refractivity contribution in [3.8, 4) is 5.75 Å². The van der Waals surface area contributed by atoms with Gasteiger partial charge >= 0.3 is 0 Å². The van der Waals surface area contributed by atoms with Crippen molar-refractivity contribution >= 4 is 12.6 Å². The summed E-state index contributed by atoms with van der Waals surface area (Å²) in [5.41, 5.74) is 1.84. The number of rotatable bonds is 4. The van der Waals surface area contributed by atoms with Gasteiger partial charge in [0.15, 0.2) is 0 Å². The number of thiol groups is 1. The van der Waals surface area contributed by atoms with Crippen molar-refractivity contribution in [2.24, 2.45) is 0 Å². The normalized spacial score (nSPS) is 15.7. The van der Waals surface area contributed by atoms with Crippen LogP contribution >= 0.6 is 12.6 Å². The lowest BCUT2D eigenvalue weighted by molar-refractivity contribution is 0.0157. The minimum Gasteiger partial charge on any atom is -0.507 e. The van der Waals surface area contributed by atoms with Gasteiger partial charge in [0.2, 0.25) is 0 Å². The Morgan fingerprint density at radius 2 is 1.55 bits per heavy atom. The summed E-state index contributed by atoms with van der Waals surface area (Å²) in [7, 11) is 0. The Morgan fingerprint density at radius 3 is 1.95 bits per heavy atom. The number of aromatic hydroxyl groups is 1. The van der Waals surface area contributed by atoms with E-state index in [0.717, 1.165) is 11.1 Å². The molecule has 22 heavy (non-hydrogen) atoms. The molecule has 1 rings (SSSR count). The van der Waals surface area contributed by atoms with Gasteiger partial charge in [-0.3, -0.25) is 0 Å². The molecule has 0 saturated heterocycles. The van der Waals surface area contributed by atoms with E-state index in [9.17, 15) is 15.3 Å². The molecule has 126 valence electrons. The average Bonchev–Trinajstić information content (AvgIpc) is 2.35. The van der Waals surface area contributed by atoms with Crippen LogP contribution in [0.2, 0.25) is 0 Å². The van der Waals surface area contributed by atoms with E-state index in [-0.39, 0.29) is 16.6 Å².